The third kappa shape index (κ3) is 2.94. The summed E-state index contributed by atoms with van der Waals surface area (Å²) in [6, 6.07) is 15.8. The topological polar surface area (TPSA) is 45.2 Å². The second-order valence-corrected chi connectivity index (χ2v) is 6.11. The van der Waals surface area contributed by atoms with Crippen LogP contribution in [0.3, 0.4) is 0 Å². The number of nitrogens with one attached hydrogen (secondary N) is 1. The van der Waals surface area contributed by atoms with Gasteiger partial charge in [-0.1, -0.05) is 35.6 Å². The molecule has 4 nitrogen and oxygen atoms in total. The molecule has 0 atom stereocenters. The van der Waals surface area contributed by atoms with E-state index in [9.17, 15) is 4.79 Å². The maximum Gasteiger partial charge on any atom is 0.251 e. The number of carbonyl (C=O) groups excluding carboxylic acids is 1. The van der Waals surface area contributed by atoms with Crippen LogP contribution in [0.25, 0.3) is 10.2 Å². The Kier molecular flexibility index (Phi) is 4.06. The van der Waals surface area contributed by atoms with Gasteiger partial charge >= 0.3 is 0 Å². The average Bonchev–Trinajstić information content (AvgIpc) is 2.99. The Balaban J connectivity index is 1.75. The molecular formula is C17H17N3OS. The van der Waals surface area contributed by atoms with Crippen molar-refractivity contribution in [2.45, 2.75) is 6.54 Å². The number of carbonyl (C=O) groups is 1. The first-order valence-corrected chi connectivity index (χ1v) is 7.87. The summed E-state index contributed by atoms with van der Waals surface area (Å²) in [5.41, 5.74) is 2.85. The van der Waals surface area contributed by atoms with Gasteiger partial charge in [-0.05, 0) is 29.8 Å². The van der Waals surface area contributed by atoms with Crippen LogP contribution in [0.4, 0.5) is 5.13 Å². The summed E-state index contributed by atoms with van der Waals surface area (Å²) in [6.07, 6.45) is 0. The van der Waals surface area contributed by atoms with Crippen LogP contribution in [0.2, 0.25) is 0 Å². The molecule has 5 heteroatoms. The molecule has 2 aromatic carbocycles. The first-order valence-electron chi connectivity index (χ1n) is 7.05. The number of benzene rings is 2. The molecule has 0 aliphatic rings. The van der Waals surface area contributed by atoms with Gasteiger partial charge in [-0.2, -0.15) is 0 Å². The molecule has 0 aliphatic carbocycles. The summed E-state index contributed by atoms with van der Waals surface area (Å²) in [4.78, 5) is 18.3. The fraction of sp³-hybridized carbons (Fsp3) is 0.176. The van der Waals surface area contributed by atoms with Crippen molar-refractivity contribution in [3.8, 4) is 0 Å². The molecule has 0 bridgehead atoms. The molecule has 1 aromatic heterocycles. The highest BCUT2D eigenvalue weighted by Gasteiger charge is 2.09. The Morgan fingerprint density at radius 2 is 1.91 bits per heavy atom. The molecule has 112 valence electrons. The number of thiazole rings is 1. The van der Waals surface area contributed by atoms with E-state index in [0.717, 1.165) is 22.8 Å². The molecule has 3 aromatic rings. The number of hydrogen-bond donors (Lipinski definition) is 1. The van der Waals surface area contributed by atoms with E-state index in [1.54, 1.807) is 18.4 Å². The third-order valence-electron chi connectivity index (χ3n) is 3.47. The monoisotopic (exact) mass is 311 g/mol. The summed E-state index contributed by atoms with van der Waals surface area (Å²) in [5, 5.41) is 3.62. The number of aromatic nitrogens is 1. The van der Waals surface area contributed by atoms with Crippen LogP contribution in [0.15, 0.2) is 48.5 Å². The molecule has 3 rings (SSSR count). The van der Waals surface area contributed by atoms with Gasteiger partial charge in [0.05, 0.1) is 10.2 Å². The number of para-hydroxylation sites is 1. The molecule has 0 unspecified atom stereocenters. The SMILES string of the molecule is CNC(=O)c1ccc(CN(C)c2nc3ccccc3s2)cc1. The minimum Gasteiger partial charge on any atom is -0.355 e. The van der Waals surface area contributed by atoms with Crippen LogP contribution in [0.5, 0.6) is 0 Å². The Morgan fingerprint density at radius 3 is 2.59 bits per heavy atom. The molecule has 0 aliphatic heterocycles. The Labute approximate surface area is 133 Å². The second kappa shape index (κ2) is 6.15. The summed E-state index contributed by atoms with van der Waals surface area (Å²) < 4.78 is 1.19. The van der Waals surface area contributed by atoms with Crippen LogP contribution < -0.4 is 10.2 Å². The molecule has 1 N–H and O–H groups in total. The molecule has 0 radical (unpaired) electrons. The highest BCUT2D eigenvalue weighted by molar-refractivity contribution is 7.22. The van der Waals surface area contributed by atoms with E-state index >= 15 is 0 Å². The van der Waals surface area contributed by atoms with E-state index in [2.05, 4.69) is 21.3 Å². The van der Waals surface area contributed by atoms with Crippen molar-refractivity contribution in [2.75, 3.05) is 19.0 Å². The number of nitrogens with zero attached hydrogens (tertiary/aromatic N) is 2. The number of rotatable bonds is 4. The van der Waals surface area contributed by atoms with Gasteiger partial charge < -0.3 is 10.2 Å². The molecule has 0 saturated heterocycles. The van der Waals surface area contributed by atoms with Gasteiger partial charge in [0.15, 0.2) is 5.13 Å². The first-order chi connectivity index (χ1) is 10.7. The van der Waals surface area contributed by atoms with Gasteiger partial charge in [0, 0.05) is 26.2 Å². The van der Waals surface area contributed by atoms with Crippen molar-refractivity contribution in [1.29, 1.82) is 0 Å². The zero-order valence-corrected chi connectivity index (χ0v) is 13.4. The van der Waals surface area contributed by atoms with Crippen molar-refractivity contribution in [3.63, 3.8) is 0 Å². The lowest BCUT2D eigenvalue weighted by atomic mass is 10.1. The van der Waals surface area contributed by atoms with Gasteiger partial charge in [0.25, 0.3) is 5.91 Å². The Bertz CT molecular complexity index is 762. The van der Waals surface area contributed by atoms with E-state index in [1.165, 1.54) is 4.70 Å². The summed E-state index contributed by atoms with van der Waals surface area (Å²) in [7, 11) is 3.67. The minimum atomic E-state index is -0.0638. The summed E-state index contributed by atoms with van der Waals surface area (Å²) in [5.74, 6) is -0.0638. The van der Waals surface area contributed by atoms with Crippen LogP contribution in [-0.2, 0) is 6.54 Å². The van der Waals surface area contributed by atoms with E-state index in [-0.39, 0.29) is 5.91 Å². The largest absolute Gasteiger partial charge is 0.355 e. The van der Waals surface area contributed by atoms with Crippen molar-refractivity contribution in [3.05, 3.63) is 59.7 Å². The van der Waals surface area contributed by atoms with Crippen molar-refractivity contribution < 1.29 is 4.79 Å². The predicted octanol–water partition coefficient (Wildman–Crippen LogP) is 3.29. The van der Waals surface area contributed by atoms with Gasteiger partial charge in [-0.3, -0.25) is 4.79 Å². The number of anilines is 1. The lowest BCUT2D eigenvalue weighted by Gasteiger charge is -2.15. The zero-order chi connectivity index (χ0) is 15.5. The van der Waals surface area contributed by atoms with Crippen LogP contribution >= 0.6 is 11.3 Å². The van der Waals surface area contributed by atoms with Gasteiger partial charge in [-0.15, -0.1) is 0 Å². The van der Waals surface area contributed by atoms with E-state index in [4.69, 9.17) is 0 Å². The fourth-order valence-electron chi connectivity index (χ4n) is 2.27. The summed E-state index contributed by atoms with van der Waals surface area (Å²) >= 11 is 1.69. The standard InChI is InChI=1S/C17H17N3OS/c1-18-16(21)13-9-7-12(8-10-13)11-20(2)17-19-14-5-3-4-6-15(14)22-17/h3-10H,11H2,1-2H3,(H,18,21). The Morgan fingerprint density at radius 1 is 1.18 bits per heavy atom. The molecule has 0 fully saturated rings. The van der Waals surface area contributed by atoms with Gasteiger partial charge in [0.2, 0.25) is 0 Å². The van der Waals surface area contributed by atoms with E-state index in [0.29, 0.717) is 5.56 Å². The molecule has 1 heterocycles. The first kappa shape index (κ1) is 14.5. The maximum absolute atomic E-state index is 11.5. The van der Waals surface area contributed by atoms with Gasteiger partial charge in [-0.25, -0.2) is 4.98 Å². The van der Waals surface area contributed by atoms with Crippen molar-refractivity contribution in [1.82, 2.24) is 10.3 Å². The number of fused-ring (bicyclic) bond motifs is 1. The maximum atomic E-state index is 11.5. The summed E-state index contributed by atoms with van der Waals surface area (Å²) in [6.45, 7) is 0.758. The highest BCUT2D eigenvalue weighted by atomic mass is 32.1. The zero-order valence-electron chi connectivity index (χ0n) is 12.5. The van der Waals surface area contributed by atoms with E-state index < -0.39 is 0 Å². The second-order valence-electron chi connectivity index (χ2n) is 5.10. The predicted molar refractivity (Wildman–Crippen MR) is 91.6 cm³/mol. The normalized spacial score (nSPS) is 10.6. The van der Waals surface area contributed by atoms with Gasteiger partial charge in [0.1, 0.15) is 0 Å². The molecule has 1 amide bonds. The smallest absolute Gasteiger partial charge is 0.251 e. The highest BCUT2D eigenvalue weighted by Crippen LogP contribution is 2.28. The van der Waals surface area contributed by atoms with Crippen molar-refractivity contribution in [2.24, 2.45) is 0 Å². The van der Waals surface area contributed by atoms with Crippen LogP contribution in [0, 0.1) is 0 Å². The quantitative estimate of drug-likeness (QED) is 0.804. The molecule has 0 spiro atoms. The lowest BCUT2D eigenvalue weighted by molar-refractivity contribution is 0.0963. The minimum absolute atomic E-state index is 0.0638. The third-order valence-corrected chi connectivity index (χ3v) is 4.62. The number of hydrogen-bond acceptors (Lipinski definition) is 4. The molecular weight excluding hydrogens is 294 g/mol. The lowest BCUT2D eigenvalue weighted by Crippen LogP contribution is -2.18. The Hall–Kier alpha value is -2.40. The average molecular weight is 311 g/mol. The fourth-order valence-corrected chi connectivity index (χ4v) is 3.20. The molecule has 0 saturated carbocycles. The van der Waals surface area contributed by atoms with Crippen LogP contribution in [-0.4, -0.2) is 25.0 Å². The molecule has 22 heavy (non-hydrogen) atoms. The number of amides is 1. The van der Waals surface area contributed by atoms with E-state index in [1.807, 2.05) is 49.5 Å². The van der Waals surface area contributed by atoms with Crippen molar-refractivity contribution >= 4 is 32.6 Å². The van der Waals surface area contributed by atoms with Crippen LogP contribution in [0.1, 0.15) is 15.9 Å².